The first-order valence-corrected chi connectivity index (χ1v) is 10.9. The van der Waals surface area contributed by atoms with Crippen LogP contribution in [0.5, 0.6) is 0 Å². The highest BCUT2D eigenvalue weighted by Gasteiger charge is 2.21. The van der Waals surface area contributed by atoms with Gasteiger partial charge in [-0.25, -0.2) is 17.5 Å². The molecule has 0 saturated carbocycles. The van der Waals surface area contributed by atoms with E-state index in [1.807, 2.05) is 10.6 Å². The third kappa shape index (κ3) is 4.52. The van der Waals surface area contributed by atoms with Gasteiger partial charge < -0.3 is 4.57 Å². The average Bonchev–Trinajstić information content (AvgIpc) is 3.01. The Bertz CT molecular complexity index is 1090. The highest BCUT2D eigenvalue weighted by atomic mass is 32.2. The Labute approximate surface area is 169 Å². The number of rotatable bonds is 6. The van der Waals surface area contributed by atoms with Gasteiger partial charge in [0.2, 0.25) is 10.0 Å². The summed E-state index contributed by atoms with van der Waals surface area (Å²) in [6.45, 7) is 2.66. The molecule has 2 aromatic carbocycles. The third-order valence-electron chi connectivity index (χ3n) is 5.02. The Hall–Kier alpha value is -2.62. The first-order valence-electron chi connectivity index (χ1n) is 9.44. The first kappa shape index (κ1) is 19.7. The second kappa shape index (κ2) is 8.40. The maximum atomic E-state index is 13.9. The van der Waals surface area contributed by atoms with Crippen molar-refractivity contribution in [1.29, 1.82) is 0 Å². The van der Waals surface area contributed by atoms with Gasteiger partial charge in [-0.2, -0.15) is 0 Å². The van der Waals surface area contributed by atoms with Gasteiger partial charge in [0.05, 0.1) is 11.4 Å². The van der Waals surface area contributed by atoms with E-state index >= 15 is 0 Å². The summed E-state index contributed by atoms with van der Waals surface area (Å²) in [5.74, 6) is 1.19. The summed E-state index contributed by atoms with van der Waals surface area (Å²) in [7, 11) is -3.61. The molecule has 2 heterocycles. The second-order valence-corrected chi connectivity index (χ2v) is 8.71. The molecular weight excluding hydrogens is 393 g/mol. The molecule has 0 fully saturated rings. The van der Waals surface area contributed by atoms with Crippen LogP contribution < -0.4 is 4.72 Å². The van der Waals surface area contributed by atoms with E-state index in [1.165, 1.54) is 6.07 Å². The molecule has 1 aliphatic heterocycles. The number of fused-ring (bicyclic) bond motifs is 1. The topological polar surface area (TPSA) is 80.1 Å². The molecule has 7 nitrogen and oxygen atoms in total. The van der Waals surface area contributed by atoms with Gasteiger partial charge in [-0.1, -0.05) is 36.4 Å². The van der Waals surface area contributed by atoms with E-state index in [4.69, 9.17) is 0 Å². The van der Waals surface area contributed by atoms with Crippen LogP contribution in [0.4, 0.5) is 4.39 Å². The Kier molecular flexibility index (Phi) is 5.70. The van der Waals surface area contributed by atoms with E-state index in [-0.39, 0.29) is 17.3 Å². The van der Waals surface area contributed by atoms with Gasteiger partial charge in [-0.15, -0.1) is 10.2 Å². The molecule has 0 atom stereocenters. The molecule has 3 aromatic rings. The number of nitrogens with one attached hydrogen (secondary N) is 1. The van der Waals surface area contributed by atoms with Crippen LogP contribution in [-0.4, -0.2) is 41.2 Å². The molecule has 0 radical (unpaired) electrons. The average molecular weight is 415 g/mol. The number of halogens is 1. The van der Waals surface area contributed by atoms with Crippen LogP contribution in [0.25, 0.3) is 0 Å². The Balaban J connectivity index is 1.42. The molecule has 4 rings (SSSR count). The van der Waals surface area contributed by atoms with Gasteiger partial charge in [0.25, 0.3) is 0 Å². The molecule has 9 heteroatoms. The molecule has 0 saturated heterocycles. The zero-order chi connectivity index (χ0) is 20.3. The molecule has 29 heavy (non-hydrogen) atoms. The summed E-state index contributed by atoms with van der Waals surface area (Å²) >= 11 is 0. The molecule has 0 amide bonds. The van der Waals surface area contributed by atoms with Crippen LogP contribution in [0.15, 0.2) is 59.5 Å². The Morgan fingerprint density at radius 3 is 2.52 bits per heavy atom. The molecule has 1 N–H and O–H groups in total. The molecule has 152 valence electrons. The molecule has 1 aliphatic rings. The molecular formula is C20H22FN5O2S. The summed E-state index contributed by atoms with van der Waals surface area (Å²) in [4.78, 5) is 2.39. The molecule has 0 aliphatic carbocycles. The molecule has 0 unspecified atom stereocenters. The van der Waals surface area contributed by atoms with Crippen LogP contribution in [0.2, 0.25) is 0 Å². The van der Waals surface area contributed by atoms with Crippen molar-refractivity contribution >= 4 is 10.0 Å². The van der Waals surface area contributed by atoms with Crippen LogP contribution in [-0.2, 0) is 36.1 Å². The van der Waals surface area contributed by atoms with Crippen molar-refractivity contribution in [3.8, 4) is 0 Å². The number of benzene rings is 2. The van der Waals surface area contributed by atoms with Crippen LogP contribution in [0.3, 0.4) is 0 Å². The van der Waals surface area contributed by atoms with E-state index in [9.17, 15) is 12.8 Å². The lowest BCUT2D eigenvalue weighted by Gasteiger charge is -2.20. The monoisotopic (exact) mass is 415 g/mol. The Morgan fingerprint density at radius 1 is 0.966 bits per heavy atom. The number of hydrogen-bond donors (Lipinski definition) is 1. The van der Waals surface area contributed by atoms with E-state index in [1.54, 1.807) is 42.5 Å². The minimum absolute atomic E-state index is 0.0670. The van der Waals surface area contributed by atoms with Crippen LogP contribution in [0.1, 0.15) is 17.2 Å². The number of hydrogen-bond acceptors (Lipinski definition) is 5. The fourth-order valence-electron chi connectivity index (χ4n) is 3.43. The van der Waals surface area contributed by atoms with Crippen LogP contribution in [0, 0.1) is 5.82 Å². The van der Waals surface area contributed by atoms with Crippen molar-refractivity contribution in [2.75, 3.05) is 13.1 Å². The molecule has 0 bridgehead atoms. The van der Waals surface area contributed by atoms with Gasteiger partial charge in [0, 0.05) is 38.2 Å². The fraction of sp³-hybridized carbons (Fsp3) is 0.300. The minimum Gasteiger partial charge on any atom is -0.313 e. The number of nitrogens with zero attached hydrogens (tertiary/aromatic N) is 4. The van der Waals surface area contributed by atoms with Gasteiger partial charge in [-0.3, -0.25) is 4.90 Å². The maximum absolute atomic E-state index is 13.9. The van der Waals surface area contributed by atoms with Crippen molar-refractivity contribution in [1.82, 2.24) is 24.4 Å². The largest absolute Gasteiger partial charge is 0.313 e. The highest BCUT2D eigenvalue weighted by Crippen LogP contribution is 2.15. The molecule has 0 spiro atoms. The highest BCUT2D eigenvalue weighted by molar-refractivity contribution is 7.89. The lowest BCUT2D eigenvalue weighted by molar-refractivity contribution is 0.266. The summed E-state index contributed by atoms with van der Waals surface area (Å²) < 4.78 is 43.4. The second-order valence-electron chi connectivity index (χ2n) is 6.94. The first-order chi connectivity index (χ1) is 14.0. The van der Waals surface area contributed by atoms with Crippen molar-refractivity contribution < 1.29 is 12.8 Å². The fourth-order valence-corrected chi connectivity index (χ4v) is 4.43. The zero-order valence-electron chi connectivity index (χ0n) is 15.8. The predicted molar refractivity (Wildman–Crippen MR) is 106 cm³/mol. The van der Waals surface area contributed by atoms with Crippen molar-refractivity contribution in [3.05, 3.63) is 77.6 Å². The summed E-state index contributed by atoms with van der Waals surface area (Å²) in [6, 6.07) is 15.0. The maximum Gasteiger partial charge on any atom is 0.240 e. The zero-order valence-corrected chi connectivity index (χ0v) is 16.6. The van der Waals surface area contributed by atoms with E-state index < -0.39 is 10.0 Å². The van der Waals surface area contributed by atoms with Crippen molar-refractivity contribution in [2.24, 2.45) is 0 Å². The smallest absolute Gasteiger partial charge is 0.240 e. The standard InChI is InChI=1S/C20H22FN5O2S/c21-18-9-5-4-6-16(18)15-25-11-10-19-23-24-20(26(19)13-12-25)14-22-29(27,28)17-7-2-1-3-8-17/h1-9,22H,10-15H2. The summed E-state index contributed by atoms with van der Waals surface area (Å²) in [5, 5.41) is 8.39. The lowest BCUT2D eigenvalue weighted by atomic mass is 10.2. The van der Waals surface area contributed by atoms with Crippen molar-refractivity contribution in [3.63, 3.8) is 0 Å². The number of aromatic nitrogens is 3. The summed E-state index contributed by atoms with van der Waals surface area (Å²) in [6.07, 6.45) is 0.673. The quantitative estimate of drug-likeness (QED) is 0.666. The van der Waals surface area contributed by atoms with Gasteiger partial charge in [-0.05, 0) is 18.2 Å². The summed E-state index contributed by atoms with van der Waals surface area (Å²) in [5.41, 5.74) is 0.668. The normalized spacial score (nSPS) is 15.1. The van der Waals surface area contributed by atoms with Gasteiger partial charge in [0.1, 0.15) is 17.5 Å². The minimum atomic E-state index is -3.61. The van der Waals surface area contributed by atoms with Crippen LogP contribution >= 0.6 is 0 Å². The predicted octanol–water partition coefficient (Wildman–Crippen LogP) is 1.95. The third-order valence-corrected chi connectivity index (χ3v) is 6.44. The van der Waals surface area contributed by atoms with E-state index in [2.05, 4.69) is 19.8 Å². The lowest BCUT2D eigenvalue weighted by Crippen LogP contribution is -2.28. The van der Waals surface area contributed by atoms with E-state index in [0.717, 1.165) is 12.4 Å². The van der Waals surface area contributed by atoms with Gasteiger partial charge in [0.15, 0.2) is 0 Å². The van der Waals surface area contributed by atoms with Gasteiger partial charge >= 0.3 is 0 Å². The van der Waals surface area contributed by atoms with Crippen molar-refractivity contribution in [2.45, 2.75) is 31.0 Å². The molecule has 1 aromatic heterocycles. The van der Waals surface area contributed by atoms with E-state index in [0.29, 0.717) is 37.4 Å². The Morgan fingerprint density at radius 2 is 1.72 bits per heavy atom. The number of sulfonamides is 1. The SMILES string of the molecule is O=S(=O)(NCc1nnc2n1CCN(Cc1ccccc1F)CC2)c1ccccc1.